The first-order valence-electron chi connectivity index (χ1n) is 13.7. The van der Waals surface area contributed by atoms with Gasteiger partial charge in [-0.2, -0.15) is 0 Å². The molecule has 0 atom stereocenters. The zero-order chi connectivity index (χ0) is 22.5. The Hall–Kier alpha value is -1.21. The minimum atomic E-state index is 0.619. The number of unbranched alkanes of at least 4 members (excludes halogenated alkanes) is 22. The average molecular weight is 428 g/mol. The van der Waals surface area contributed by atoms with Gasteiger partial charge in [-0.15, -0.1) is 0 Å². The van der Waals surface area contributed by atoms with Gasteiger partial charge in [0.2, 0.25) is 0 Å². The molecule has 0 aliphatic heterocycles. The Kier molecular flexibility index (Phi) is 27.7. The van der Waals surface area contributed by atoms with Gasteiger partial charge in [0.15, 0.2) is 6.29 Å². The maximum absolute atomic E-state index is 10.1. The fourth-order valence-electron chi connectivity index (χ4n) is 3.92. The fourth-order valence-corrected chi connectivity index (χ4v) is 3.92. The van der Waals surface area contributed by atoms with Crippen molar-refractivity contribution < 1.29 is 4.79 Å². The lowest BCUT2D eigenvalue weighted by atomic mass is 10.1. The molecule has 0 heterocycles. The predicted octanol–water partition coefficient (Wildman–Crippen LogP) is 9.49. The van der Waals surface area contributed by atoms with Gasteiger partial charge in [0, 0.05) is 19.3 Å². The van der Waals surface area contributed by atoms with Crippen molar-refractivity contribution >= 4 is 6.29 Å². The van der Waals surface area contributed by atoms with Gasteiger partial charge in [0.25, 0.3) is 0 Å². The number of carbonyl (C=O) groups excluding carboxylic acids is 1. The van der Waals surface area contributed by atoms with Crippen molar-refractivity contribution in [3.8, 4) is 23.7 Å². The van der Waals surface area contributed by atoms with Crippen LogP contribution in [-0.2, 0) is 4.79 Å². The highest BCUT2D eigenvalue weighted by molar-refractivity contribution is 5.50. The molecule has 31 heavy (non-hydrogen) atoms. The monoisotopic (exact) mass is 427 g/mol. The van der Waals surface area contributed by atoms with Crippen molar-refractivity contribution in [2.24, 2.45) is 0 Å². The first kappa shape index (κ1) is 29.8. The molecule has 0 aliphatic rings. The summed E-state index contributed by atoms with van der Waals surface area (Å²) in [7, 11) is 0. The molecule has 0 aliphatic carbocycles. The summed E-state index contributed by atoms with van der Waals surface area (Å²) in [5.41, 5.74) is 0. The molecule has 0 aromatic carbocycles. The molecule has 0 amide bonds. The van der Waals surface area contributed by atoms with Gasteiger partial charge in [-0.05, 0) is 31.1 Å². The van der Waals surface area contributed by atoms with Gasteiger partial charge in [0.1, 0.15) is 0 Å². The van der Waals surface area contributed by atoms with E-state index in [-0.39, 0.29) is 0 Å². The van der Waals surface area contributed by atoms with Crippen LogP contribution in [-0.4, -0.2) is 6.29 Å². The summed E-state index contributed by atoms with van der Waals surface area (Å²) in [6, 6.07) is 0. The van der Waals surface area contributed by atoms with Crippen molar-refractivity contribution in [3.63, 3.8) is 0 Å². The van der Waals surface area contributed by atoms with Gasteiger partial charge in [-0.3, -0.25) is 4.79 Å². The highest BCUT2D eigenvalue weighted by Crippen LogP contribution is 2.12. The second-order valence-electron chi connectivity index (χ2n) is 9.07. The quantitative estimate of drug-likeness (QED) is 0.117. The normalized spacial score (nSPS) is 10.2. The van der Waals surface area contributed by atoms with E-state index in [9.17, 15) is 4.79 Å². The highest BCUT2D eigenvalue weighted by Gasteiger charge is 1.94. The Morgan fingerprint density at radius 2 is 0.677 bits per heavy atom. The first-order chi connectivity index (χ1) is 15.4. The third-order valence-corrected chi connectivity index (χ3v) is 5.98. The number of hydrogen-bond donors (Lipinski definition) is 0. The van der Waals surface area contributed by atoms with Crippen LogP contribution < -0.4 is 0 Å². The van der Waals surface area contributed by atoms with E-state index in [0.29, 0.717) is 6.42 Å². The molecular formula is C30H51O. The number of hydrogen-bond acceptors (Lipinski definition) is 1. The van der Waals surface area contributed by atoms with E-state index in [0.717, 1.165) is 19.3 Å². The summed E-state index contributed by atoms with van der Waals surface area (Å²) in [5, 5.41) is 0. The largest absolute Gasteiger partial charge is 0.291 e. The summed E-state index contributed by atoms with van der Waals surface area (Å²) >= 11 is 0. The van der Waals surface area contributed by atoms with E-state index in [1.165, 1.54) is 128 Å². The van der Waals surface area contributed by atoms with Crippen LogP contribution in [0.5, 0.6) is 0 Å². The van der Waals surface area contributed by atoms with Crippen LogP contribution in [0, 0.1) is 23.7 Å². The second kappa shape index (κ2) is 28.8. The third kappa shape index (κ3) is 28.8. The Bertz CT molecular complexity index is 470. The van der Waals surface area contributed by atoms with Crippen molar-refractivity contribution in [1.29, 1.82) is 0 Å². The summed E-state index contributed by atoms with van der Waals surface area (Å²) in [6.07, 6.45) is 32.6. The van der Waals surface area contributed by atoms with Crippen LogP contribution in [0.25, 0.3) is 0 Å². The topological polar surface area (TPSA) is 17.1 Å². The van der Waals surface area contributed by atoms with E-state index in [1.807, 2.05) is 6.29 Å². The molecule has 0 saturated carbocycles. The van der Waals surface area contributed by atoms with E-state index in [1.54, 1.807) is 0 Å². The average Bonchev–Trinajstić information content (AvgIpc) is 2.78. The lowest BCUT2D eigenvalue weighted by molar-refractivity contribution is 0.535. The first-order valence-corrected chi connectivity index (χ1v) is 13.7. The van der Waals surface area contributed by atoms with Crippen LogP contribution in [0.3, 0.4) is 0 Å². The molecule has 0 fully saturated rings. The fraction of sp³-hybridized carbons (Fsp3) is 0.833. The molecule has 177 valence electrons. The molecule has 0 rings (SSSR count). The summed E-state index contributed by atoms with van der Waals surface area (Å²) < 4.78 is 0. The molecule has 1 nitrogen and oxygen atoms in total. The Morgan fingerprint density at radius 1 is 0.387 bits per heavy atom. The van der Waals surface area contributed by atoms with Gasteiger partial charge in [-0.25, -0.2) is 0 Å². The van der Waals surface area contributed by atoms with Gasteiger partial charge in [0.05, 0.1) is 0 Å². The SMILES string of the molecule is CCCCCCCCCCCCCC#CC#CCCCCCCCCCCCC[C]=O. The van der Waals surface area contributed by atoms with Gasteiger partial charge in [-0.1, -0.05) is 134 Å². The van der Waals surface area contributed by atoms with Crippen LogP contribution in [0.4, 0.5) is 0 Å². The lowest BCUT2D eigenvalue weighted by Crippen LogP contribution is -1.82. The molecule has 0 aromatic rings. The van der Waals surface area contributed by atoms with Crippen LogP contribution >= 0.6 is 0 Å². The second-order valence-corrected chi connectivity index (χ2v) is 9.07. The van der Waals surface area contributed by atoms with E-state index in [2.05, 4.69) is 30.6 Å². The molecule has 1 heteroatoms. The standard InChI is InChI=1S/C30H51O/c1-2-3-4-5-6-7-8-9-10-11-12-13-14-15-16-17-18-19-20-21-22-23-24-25-26-27-28-29-30-31/h2-13,18-29H2,1H3. The summed E-state index contributed by atoms with van der Waals surface area (Å²) in [4.78, 5) is 10.1. The van der Waals surface area contributed by atoms with E-state index >= 15 is 0 Å². The Labute approximate surface area is 195 Å². The van der Waals surface area contributed by atoms with Crippen molar-refractivity contribution in [2.45, 2.75) is 161 Å². The summed E-state index contributed by atoms with van der Waals surface area (Å²) in [6.45, 7) is 2.28. The summed E-state index contributed by atoms with van der Waals surface area (Å²) in [5.74, 6) is 12.5. The molecule has 0 aromatic heterocycles. The molecule has 1 radical (unpaired) electrons. The van der Waals surface area contributed by atoms with Crippen molar-refractivity contribution in [3.05, 3.63) is 0 Å². The van der Waals surface area contributed by atoms with E-state index < -0.39 is 0 Å². The molecule has 0 bridgehead atoms. The number of rotatable bonds is 23. The van der Waals surface area contributed by atoms with Gasteiger partial charge >= 0.3 is 0 Å². The van der Waals surface area contributed by atoms with Crippen molar-refractivity contribution in [1.82, 2.24) is 0 Å². The minimum absolute atomic E-state index is 0.619. The Morgan fingerprint density at radius 3 is 1.00 bits per heavy atom. The zero-order valence-electron chi connectivity index (χ0n) is 20.9. The zero-order valence-corrected chi connectivity index (χ0v) is 20.9. The van der Waals surface area contributed by atoms with Crippen LogP contribution in [0.2, 0.25) is 0 Å². The maximum atomic E-state index is 10.1. The smallest absolute Gasteiger partial charge is 0.198 e. The maximum Gasteiger partial charge on any atom is 0.198 e. The predicted molar refractivity (Wildman–Crippen MR) is 138 cm³/mol. The third-order valence-electron chi connectivity index (χ3n) is 5.98. The molecular weight excluding hydrogens is 376 g/mol. The van der Waals surface area contributed by atoms with E-state index in [4.69, 9.17) is 0 Å². The molecule has 0 N–H and O–H groups in total. The van der Waals surface area contributed by atoms with Crippen molar-refractivity contribution in [2.75, 3.05) is 0 Å². The molecule has 0 unspecified atom stereocenters. The Balaban J connectivity index is 3.21. The van der Waals surface area contributed by atoms with Crippen LogP contribution in [0.1, 0.15) is 161 Å². The highest BCUT2D eigenvalue weighted by atomic mass is 16.1. The lowest BCUT2D eigenvalue weighted by Gasteiger charge is -2.01. The molecule has 0 saturated heterocycles. The van der Waals surface area contributed by atoms with Gasteiger partial charge < -0.3 is 0 Å². The molecule has 0 spiro atoms. The van der Waals surface area contributed by atoms with Crippen LogP contribution in [0.15, 0.2) is 0 Å². The minimum Gasteiger partial charge on any atom is -0.291 e.